The van der Waals surface area contributed by atoms with Gasteiger partial charge in [-0.25, -0.2) is 0 Å². The predicted molar refractivity (Wildman–Crippen MR) is 101 cm³/mol. The number of anilines is 1. The minimum Gasteiger partial charge on any atom is -0.487 e. The summed E-state index contributed by atoms with van der Waals surface area (Å²) < 4.78 is 8.13. The summed E-state index contributed by atoms with van der Waals surface area (Å²) in [6.45, 7) is 7.72. The summed E-state index contributed by atoms with van der Waals surface area (Å²) >= 11 is 0. The van der Waals surface area contributed by atoms with Crippen molar-refractivity contribution < 1.29 is 4.74 Å². The zero-order chi connectivity index (χ0) is 17.4. The lowest BCUT2D eigenvalue weighted by molar-refractivity contribution is 0.302. The number of nitrogens with one attached hydrogen (secondary N) is 1. The van der Waals surface area contributed by atoms with Crippen LogP contribution in [0.15, 0.2) is 54.6 Å². The molecule has 3 aromatic rings. The minimum atomic E-state index is 0.0242. The summed E-state index contributed by atoms with van der Waals surface area (Å²) in [6, 6.07) is 18.7. The maximum Gasteiger partial charge on any atom is 0.130 e. The van der Waals surface area contributed by atoms with E-state index in [9.17, 15) is 0 Å². The first-order chi connectivity index (χ1) is 12.0. The van der Waals surface area contributed by atoms with Crippen LogP contribution in [0.25, 0.3) is 11.3 Å². The Morgan fingerprint density at radius 1 is 1.04 bits per heavy atom. The van der Waals surface area contributed by atoms with Crippen LogP contribution >= 0.6 is 0 Å². The van der Waals surface area contributed by atoms with E-state index in [4.69, 9.17) is 9.84 Å². The molecule has 4 heteroatoms. The van der Waals surface area contributed by atoms with E-state index in [0.717, 1.165) is 40.5 Å². The number of hydrogen-bond donors (Lipinski definition) is 1. The van der Waals surface area contributed by atoms with Crippen molar-refractivity contribution in [1.29, 1.82) is 0 Å². The van der Waals surface area contributed by atoms with Gasteiger partial charge in [-0.3, -0.25) is 4.68 Å². The SMILES string of the molecule is CC(C)(C)Nc1ccc2c(c1)OCc1cc(-c3ccccc3)nn1C2. The zero-order valence-electron chi connectivity index (χ0n) is 14.9. The molecule has 0 radical (unpaired) electrons. The van der Waals surface area contributed by atoms with Gasteiger partial charge in [-0.1, -0.05) is 36.4 Å². The molecule has 0 spiro atoms. The van der Waals surface area contributed by atoms with Gasteiger partial charge in [-0.2, -0.15) is 5.10 Å². The first-order valence-corrected chi connectivity index (χ1v) is 8.64. The highest BCUT2D eigenvalue weighted by atomic mass is 16.5. The molecule has 0 saturated carbocycles. The van der Waals surface area contributed by atoms with Crippen LogP contribution < -0.4 is 10.1 Å². The highest BCUT2D eigenvalue weighted by Gasteiger charge is 2.18. The van der Waals surface area contributed by atoms with E-state index >= 15 is 0 Å². The summed E-state index contributed by atoms with van der Waals surface area (Å²) in [5, 5.41) is 8.28. The van der Waals surface area contributed by atoms with Crippen molar-refractivity contribution >= 4 is 5.69 Å². The lowest BCUT2D eigenvalue weighted by Gasteiger charge is -2.22. The first-order valence-electron chi connectivity index (χ1n) is 8.64. The van der Waals surface area contributed by atoms with Gasteiger partial charge in [0.1, 0.15) is 12.4 Å². The average Bonchev–Trinajstić information content (AvgIpc) is 2.89. The van der Waals surface area contributed by atoms with Crippen molar-refractivity contribution in [2.24, 2.45) is 0 Å². The Morgan fingerprint density at radius 2 is 1.84 bits per heavy atom. The molecule has 0 unspecified atom stereocenters. The van der Waals surface area contributed by atoms with Crippen LogP contribution in [-0.2, 0) is 13.2 Å². The van der Waals surface area contributed by atoms with Crippen LogP contribution in [0.1, 0.15) is 32.0 Å². The second-order valence-electron chi connectivity index (χ2n) is 7.53. The molecule has 1 N–H and O–H groups in total. The van der Waals surface area contributed by atoms with E-state index in [1.54, 1.807) is 0 Å². The molecule has 4 rings (SSSR count). The number of rotatable bonds is 2. The number of hydrogen-bond acceptors (Lipinski definition) is 3. The molecule has 0 fully saturated rings. The summed E-state index contributed by atoms with van der Waals surface area (Å²) in [5.74, 6) is 0.931. The van der Waals surface area contributed by atoms with Crippen molar-refractivity contribution in [3.63, 3.8) is 0 Å². The Bertz CT molecular complexity index is 891. The van der Waals surface area contributed by atoms with E-state index in [1.165, 1.54) is 0 Å². The summed E-state index contributed by atoms with van der Waals surface area (Å²) in [7, 11) is 0. The standard InChI is InChI=1S/C21H23N3O/c1-21(2,3)22-17-10-9-16-13-24-18(14-25-20(16)11-17)12-19(23-24)15-7-5-4-6-8-15/h4-12,22H,13-14H2,1-3H3. The fourth-order valence-electron chi connectivity index (χ4n) is 3.10. The number of aromatic nitrogens is 2. The molecule has 1 aromatic heterocycles. The maximum absolute atomic E-state index is 6.08. The van der Waals surface area contributed by atoms with Gasteiger partial charge < -0.3 is 10.1 Å². The summed E-state index contributed by atoms with van der Waals surface area (Å²) in [5.41, 5.74) is 5.48. The van der Waals surface area contributed by atoms with Gasteiger partial charge in [0.05, 0.1) is 17.9 Å². The van der Waals surface area contributed by atoms with Crippen LogP contribution in [0.2, 0.25) is 0 Å². The Balaban J connectivity index is 1.62. The monoisotopic (exact) mass is 333 g/mol. The molecule has 1 aliphatic rings. The van der Waals surface area contributed by atoms with Gasteiger partial charge in [0.25, 0.3) is 0 Å². The first kappa shape index (κ1) is 15.8. The fourth-order valence-corrected chi connectivity index (χ4v) is 3.10. The topological polar surface area (TPSA) is 39.1 Å². The molecule has 0 aliphatic carbocycles. The van der Waals surface area contributed by atoms with Crippen LogP contribution in [-0.4, -0.2) is 15.3 Å². The second kappa shape index (κ2) is 5.96. The van der Waals surface area contributed by atoms with Crippen molar-refractivity contribution in [3.8, 4) is 17.0 Å². The number of benzene rings is 2. The number of fused-ring (bicyclic) bond motifs is 2. The lowest BCUT2D eigenvalue weighted by Crippen LogP contribution is -2.26. The maximum atomic E-state index is 6.08. The Hall–Kier alpha value is -2.75. The Kier molecular flexibility index (Phi) is 3.75. The van der Waals surface area contributed by atoms with Crippen molar-refractivity contribution in [2.75, 3.05) is 5.32 Å². The molecule has 4 nitrogen and oxygen atoms in total. The molecule has 1 aliphatic heterocycles. The van der Waals surface area contributed by atoms with E-state index in [2.05, 4.69) is 62.5 Å². The molecule has 2 aromatic carbocycles. The molecule has 2 heterocycles. The van der Waals surface area contributed by atoms with E-state index in [1.807, 2.05) is 22.9 Å². The summed E-state index contributed by atoms with van der Waals surface area (Å²) in [4.78, 5) is 0. The lowest BCUT2D eigenvalue weighted by atomic mass is 10.1. The molecular formula is C21H23N3O. The van der Waals surface area contributed by atoms with Gasteiger partial charge in [-0.05, 0) is 32.9 Å². The highest BCUT2D eigenvalue weighted by Crippen LogP contribution is 2.30. The number of nitrogens with zero attached hydrogens (tertiary/aromatic N) is 2. The van der Waals surface area contributed by atoms with Gasteiger partial charge in [0.2, 0.25) is 0 Å². The van der Waals surface area contributed by atoms with Crippen molar-refractivity contribution in [3.05, 3.63) is 65.9 Å². The third-order valence-electron chi connectivity index (χ3n) is 4.22. The highest BCUT2D eigenvalue weighted by molar-refractivity contribution is 5.59. The minimum absolute atomic E-state index is 0.0242. The Labute approximate surface area is 148 Å². The third-order valence-corrected chi connectivity index (χ3v) is 4.22. The van der Waals surface area contributed by atoms with Gasteiger partial charge >= 0.3 is 0 Å². The van der Waals surface area contributed by atoms with E-state index in [-0.39, 0.29) is 5.54 Å². The summed E-state index contributed by atoms with van der Waals surface area (Å²) in [6.07, 6.45) is 0. The Morgan fingerprint density at radius 3 is 2.60 bits per heavy atom. The van der Waals surface area contributed by atoms with E-state index in [0.29, 0.717) is 6.61 Å². The normalized spacial score (nSPS) is 13.4. The molecule has 25 heavy (non-hydrogen) atoms. The smallest absolute Gasteiger partial charge is 0.130 e. The molecule has 0 bridgehead atoms. The largest absolute Gasteiger partial charge is 0.487 e. The fraction of sp³-hybridized carbons (Fsp3) is 0.286. The van der Waals surface area contributed by atoms with Crippen molar-refractivity contribution in [1.82, 2.24) is 9.78 Å². The van der Waals surface area contributed by atoms with Gasteiger partial charge in [0.15, 0.2) is 0 Å². The molecule has 0 atom stereocenters. The van der Waals surface area contributed by atoms with Crippen LogP contribution in [0.3, 0.4) is 0 Å². The van der Waals surface area contributed by atoms with Crippen molar-refractivity contribution in [2.45, 2.75) is 39.5 Å². The quantitative estimate of drug-likeness (QED) is 0.739. The van der Waals surface area contributed by atoms with E-state index < -0.39 is 0 Å². The number of ether oxygens (including phenoxy) is 1. The van der Waals surface area contributed by atoms with Gasteiger partial charge in [0, 0.05) is 28.4 Å². The predicted octanol–water partition coefficient (Wildman–Crippen LogP) is 4.70. The molecule has 128 valence electrons. The molecular weight excluding hydrogens is 310 g/mol. The third kappa shape index (κ3) is 3.38. The zero-order valence-corrected chi connectivity index (χ0v) is 14.9. The average molecular weight is 333 g/mol. The van der Waals surface area contributed by atoms with Crippen LogP contribution in [0.5, 0.6) is 5.75 Å². The molecule has 0 saturated heterocycles. The van der Waals surface area contributed by atoms with Gasteiger partial charge in [-0.15, -0.1) is 0 Å². The molecule has 0 amide bonds. The van der Waals surface area contributed by atoms with Crippen LogP contribution in [0.4, 0.5) is 5.69 Å². The second-order valence-corrected chi connectivity index (χ2v) is 7.53. The van der Waals surface area contributed by atoms with Crippen LogP contribution in [0, 0.1) is 0 Å².